The van der Waals surface area contributed by atoms with E-state index in [9.17, 15) is 10.0 Å². The Morgan fingerprint density at radius 3 is 2.76 bits per heavy atom. The zero-order valence-corrected chi connectivity index (χ0v) is 20.5. The Morgan fingerprint density at radius 1 is 1.35 bits per heavy atom. The summed E-state index contributed by atoms with van der Waals surface area (Å²) in [7, 11) is 2.27. The molecule has 0 spiro atoms. The predicted molar refractivity (Wildman–Crippen MR) is 127 cm³/mol. The average Bonchev–Trinajstić information content (AvgIpc) is 3.38. The van der Waals surface area contributed by atoms with E-state index in [1.807, 2.05) is 4.90 Å². The Balaban J connectivity index is 1.35. The minimum Gasteiger partial charge on any atom is -0.618 e. The fourth-order valence-electron chi connectivity index (χ4n) is 7.33. The number of ether oxygens (including phenoxy) is 1. The zero-order chi connectivity index (χ0) is 24.0. The highest BCUT2D eigenvalue weighted by Gasteiger charge is 2.53. The largest absolute Gasteiger partial charge is 0.618 e. The summed E-state index contributed by atoms with van der Waals surface area (Å²) in [6.07, 6.45) is 7.18. The molecule has 1 amide bonds. The van der Waals surface area contributed by atoms with Crippen molar-refractivity contribution in [1.29, 1.82) is 0 Å². The van der Waals surface area contributed by atoms with Crippen molar-refractivity contribution in [2.24, 2.45) is 28.3 Å². The van der Waals surface area contributed by atoms with Crippen LogP contribution < -0.4 is 4.73 Å². The number of pyridine rings is 1. The maximum absolute atomic E-state index is 14.1. The molecule has 3 fully saturated rings. The van der Waals surface area contributed by atoms with Crippen LogP contribution in [0.2, 0.25) is 0 Å². The van der Waals surface area contributed by atoms with Crippen molar-refractivity contribution >= 4 is 11.6 Å². The van der Waals surface area contributed by atoms with Crippen LogP contribution in [0.15, 0.2) is 17.4 Å². The van der Waals surface area contributed by atoms with E-state index in [4.69, 9.17) is 10.3 Å². The van der Waals surface area contributed by atoms with Gasteiger partial charge >= 0.3 is 0 Å². The van der Waals surface area contributed by atoms with Gasteiger partial charge in [-0.3, -0.25) is 9.69 Å². The van der Waals surface area contributed by atoms with Gasteiger partial charge in [0.15, 0.2) is 11.9 Å². The quantitative estimate of drug-likeness (QED) is 0.216. The van der Waals surface area contributed by atoms with Gasteiger partial charge in [0.25, 0.3) is 0 Å². The standard InChI is InChI=1S/C25H36N6O3/c1-16(2)25(8-6-21(11-25)29(3)23-17-4-5-18(23)15-34-14-17)24(32)30-9-7-22-19(12-30)10-20(27-28-26)13-31(22)33/h10,13,16-18,21,23H,4-9,11-12,14-15H2,1-3H3/t17?,18?,21-,23?,25+/m1/s1. The lowest BCUT2D eigenvalue weighted by Crippen LogP contribution is -2.52. The highest BCUT2D eigenvalue weighted by Crippen LogP contribution is 2.50. The van der Waals surface area contributed by atoms with E-state index in [0.29, 0.717) is 49.1 Å². The van der Waals surface area contributed by atoms with Crippen LogP contribution in [0.1, 0.15) is 57.2 Å². The number of amides is 1. The molecule has 3 heterocycles. The van der Waals surface area contributed by atoms with Crippen molar-refractivity contribution in [2.75, 3.05) is 26.8 Å². The van der Waals surface area contributed by atoms with Crippen LogP contribution >= 0.6 is 0 Å². The smallest absolute Gasteiger partial charge is 0.229 e. The Kier molecular flexibility index (Phi) is 6.21. The van der Waals surface area contributed by atoms with Crippen molar-refractivity contribution in [3.63, 3.8) is 0 Å². The van der Waals surface area contributed by atoms with Crippen LogP contribution in [0.5, 0.6) is 0 Å². The lowest BCUT2D eigenvalue weighted by Gasteiger charge is -2.42. The normalized spacial score (nSPS) is 32.7. The highest BCUT2D eigenvalue weighted by molar-refractivity contribution is 5.83. The Hall–Kier alpha value is -2.35. The first kappa shape index (κ1) is 23.4. The molecule has 2 bridgehead atoms. The number of hydrogen-bond donors (Lipinski definition) is 0. The number of rotatable bonds is 5. The molecule has 1 aromatic rings. The molecule has 1 saturated heterocycles. The number of azide groups is 1. The van der Waals surface area contributed by atoms with Crippen molar-refractivity contribution < 1.29 is 14.3 Å². The first-order valence-corrected chi connectivity index (χ1v) is 12.7. The highest BCUT2D eigenvalue weighted by atomic mass is 16.5. The summed E-state index contributed by atoms with van der Waals surface area (Å²) in [6, 6.07) is 2.73. The molecule has 2 saturated carbocycles. The van der Waals surface area contributed by atoms with E-state index >= 15 is 0 Å². The first-order chi connectivity index (χ1) is 16.3. The fourth-order valence-corrected chi connectivity index (χ4v) is 7.33. The van der Waals surface area contributed by atoms with E-state index in [-0.39, 0.29) is 22.9 Å². The SMILES string of the molecule is CC(C)[C@]1(C(=O)N2CCc3c(cc(N=[N+]=[N-])c[n+]3[O-])C2)CC[C@@H](N(C)C2C3CCC2COC3)C1. The molecule has 0 radical (unpaired) electrons. The number of carbonyl (C=O) groups is 1. The molecule has 34 heavy (non-hydrogen) atoms. The van der Waals surface area contributed by atoms with Crippen molar-refractivity contribution in [3.05, 3.63) is 39.2 Å². The summed E-state index contributed by atoms with van der Waals surface area (Å²) < 4.78 is 6.61. The average molecular weight is 469 g/mol. The van der Waals surface area contributed by atoms with Crippen molar-refractivity contribution in [3.8, 4) is 0 Å². The molecule has 0 aromatic carbocycles. The molecule has 9 nitrogen and oxygen atoms in total. The summed E-state index contributed by atoms with van der Waals surface area (Å²) in [5.74, 6) is 1.70. The monoisotopic (exact) mass is 468 g/mol. The lowest BCUT2D eigenvalue weighted by atomic mass is 9.73. The van der Waals surface area contributed by atoms with Gasteiger partial charge in [-0.1, -0.05) is 19.0 Å². The predicted octanol–water partition coefficient (Wildman–Crippen LogP) is 3.70. The van der Waals surface area contributed by atoms with Gasteiger partial charge in [-0.2, -0.15) is 4.73 Å². The van der Waals surface area contributed by atoms with E-state index in [0.717, 1.165) is 42.8 Å². The van der Waals surface area contributed by atoms with Crippen LogP contribution in [0.4, 0.5) is 5.69 Å². The molecule has 5 rings (SSSR count). The number of carbonyl (C=O) groups excluding carboxylic acids is 1. The van der Waals surface area contributed by atoms with Crippen LogP contribution in [0, 0.1) is 28.4 Å². The number of nitrogens with zero attached hydrogens (tertiary/aromatic N) is 6. The van der Waals surface area contributed by atoms with Gasteiger partial charge in [-0.05, 0) is 68.5 Å². The second-order valence-electron chi connectivity index (χ2n) is 11.2. The van der Waals surface area contributed by atoms with Crippen molar-refractivity contribution in [2.45, 2.75) is 71.0 Å². The van der Waals surface area contributed by atoms with Gasteiger partial charge in [0, 0.05) is 29.1 Å². The van der Waals surface area contributed by atoms with Gasteiger partial charge < -0.3 is 14.8 Å². The molecule has 4 aliphatic rings. The molecule has 1 aromatic heterocycles. The second-order valence-corrected chi connectivity index (χ2v) is 11.2. The van der Waals surface area contributed by atoms with Crippen LogP contribution in [0.25, 0.3) is 10.4 Å². The summed E-state index contributed by atoms with van der Waals surface area (Å²) in [6.45, 7) is 7.05. The van der Waals surface area contributed by atoms with Crippen LogP contribution in [-0.4, -0.2) is 54.6 Å². The molecular weight excluding hydrogens is 432 g/mol. The minimum atomic E-state index is -0.378. The topological polar surface area (TPSA) is 108 Å². The van der Waals surface area contributed by atoms with Gasteiger partial charge in [0.05, 0.1) is 31.6 Å². The molecule has 0 N–H and O–H groups in total. The summed E-state index contributed by atoms with van der Waals surface area (Å²) >= 11 is 0. The number of hydrogen-bond acceptors (Lipinski definition) is 5. The van der Waals surface area contributed by atoms with Gasteiger partial charge in [-0.15, -0.1) is 0 Å². The zero-order valence-electron chi connectivity index (χ0n) is 20.5. The molecule has 2 unspecified atom stereocenters. The third-order valence-electron chi connectivity index (χ3n) is 9.27. The first-order valence-electron chi connectivity index (χ1n) is 12.7. The molecule has 184 valence electrons. The van der Waals surface area contributed by atoms with E-state index < -0.39 is 0 Å². The number of aromatic nitrogens is 1. The maximum Gasteiger partial charge on any atom is 0.229 e. The number of fused-ring (bicyclic) bond motifs is 3. The molecular formula is C25H36N6O3. The van der Waals surface area contributed by atoms with E-state index in [1.165, 1.54) is 19.0 Å². The maximum atomic E-state index is 14.1. The Morgan fingerprint density at radius 2 is 2.09 bits per heavy atom. The van der Waals surface area contributed by atoms with Gasteiger partial charge in [-0.25, -0.2) is 0 Å². The second kappa shape index (κ2) is 9.02. The summed E-state index contributed by atoms with van der Waals surface area (Å²) in [4.78, 5) is 21.4. The van der Waals surface area contributed by atoms with E-state index in [1.54, 1.807) is 6.07 Å². The van der Waals surface area contributed by atoms with Gasteiger partial charge in [0.1, 0.15) is 5.69 Å². The van der Waals surface area contributed by atoms with E-state index in [2.05, 4.69) is 35.8 Å². The Bertz CT molecular complexity index is 993. The lowest BCUT2D eigenvalue weighted by molar-refractivity contribution is -0.614. The summed E-state index contributed by atoms with van der Waals surface area (Å²) in [5.41, 5.74) is 10.1. The molecule has 9 heteroatoms. The van der Waals surface area contributed by atoms with Gasteiger partial charge in [0.2, 0.25) is 5.91 Å². The molecule has 2 aliphatic heterocycles. The third kappa shape index (κ3) is 3.84. The third-order valence-corrected chi connectivity index (χ3v) is 9.27. The molecule has 4 atom stereocenters. The van der Waals surface area contributed by atoms with Crippen LogP contribution in [-0.2, 0) is 22.5 Å². The van der Waals surface area contributed by atoms with Crippen molar-refractivity contribution in [1.82, 2.24) is 9.80 Å². The fraction of sp³-hybridized carbons (Fsp3) is 0.760. The minimum absolute atomic E-state index is 0.214. The molecule has 2 aliphatic carbocycles. The summed E-state index contributed by atoms with van der Waals surface area (Å²) in [5, 5.41) is 16.0. The van der Waals surface area contributed by atoms with Crippen LogP contribution in [0.3, 0.4) is 0 Å². The Labute approximate surface area is 201 Å².